The maximum atomic E-state index is 13.2. The van der Waals surface area contributed by atoms with Gasteiger partial charge in [-0.3, -0.25) is 4.79 Å². The second kappa shape index (κ2) is 9.15. The molecule has 32 heavy (non-hydrogen) atoms. The van der Waals surface area contributed by atoms with Crippen LogP contribution in [0.2, 0.25) is 15.1 Å². The number of anilines is 2. The van der Waals surface area contributed by atoms with Gasteiger partial charge in [0.25, 0.3) is 0 Å². The standard InChI is InChI=1S/C21H20Cl3F3N4O/c22-14-3-4-17(15(23)11-14)29-6-8-30(9-7-29)20(32)18-2-1-5-31(18)19-16(24)10-13(12-28-19)21(25,26)27/h3-4,10-12,18H,1-2,5-9H2/t18-/m0/s1. The van der Waals surface area contributed by atoms with E-state index in [0.29, 0.717) is 49.2 Å². The second-order valence-corrected chi connectivity index (χ2v) is 9.04. The Morgan fingerprint density at radius 3 is 2.34 bits per heavy atom. The molecule has 172 valence electrons. The van der Waals surface area contributed by atoms with Gasteiger partial charge in [-0.25, -0.2) is 4.98 Å². The van der Waals surface area contributed by atoms with Crippen LogP contribution in [0.3, 0.4) is 0 Å². The molecule has 2 aromatic rings. The van der Waals surface area contributed by atoms with Crippen LogP contribution in [-0.4, -0.2) is 54.6 Å². The molecule has 11 heteroatoms. The summed E-state index contributed by atoms with van der Waals surface area (Å²) in [5.41, 5.74) is -0.0447. The van der Waals surface area contributed by atoms with Crippen LogP contribution in [0.1, 0.15) is 18.4 Å². The van der Waals surface area contributed by atoms with Crippen molar-refractivity contribution in [2.45, 2.75) is 25.1 Å². The van der Waals surface area contributed by atoms with Gasteiger partial charge in [0, 0.05) is 43.9 Å². The first-order valence-corrected chi connectivity index (χ1v) is 11.3. The molecule has 2 aliphatic heterocycles. The van der Waals surface area contributed by atoms with Crippen molar-refractivity contribution < 1.29 is 18.0 Å². The maximum Gasteiger partial charge on any atom is 0.417 e. The molecule has 5 nitrogen and oxygen atoms in total. The van der Waals surface area contributed by atoms with Gasteiger partial charge in [0.15, 0.2) is 0 Å². The third-order valence-electron chi connectivity index (χ3n) is 5.80. The van der Waals surface area contributed by atoms with Crippen LogP contribution in [0, 0.1) is 0 Å². The fourth-order valence-corrected chi connectivity index (χ4v) is 4.99. The maximum absolute atomic E-state index is 13.2. The molecule has 2 saturated heterocycles. The van der Waals surface area contributed by atoms with Crippen molar-refractivity contribution in [3.8, 4) is 0 Å². The minimum Gasteiger partial charge on any atom is -0.367 e. The van der Waals surface area contributed by atoms with Crippen LogP contribution < -0.4 is 9.80 Å². The van der Waals surface area contributed by atoms with Gasteiger partial charge >= 0.3 is 6.18 Å². The van der Waals surface area contributed by atoms with E-state index < -0.39 is 17.8 Å². The van der Waals surface area contributed by atoms with E-state index in [1.807, 2.05) is 6.07 Å². The predicted molar refractivity (Wildman–Crippen MR) is 120 cm³/mol. The van der Waals surface area contributed by atoms with Crippen LogP contribution in [-0.2, 0) is 11.0 Å². The van der Waals surface area contributed by atoms with Crippen molar-refractivity contribution in [3.63, 3.8) is 0 Å². The highest BCUT2D eigenvalue weighted by Crippen LogP contribution is 2.36. The summed E-state index contributed by atoms with van der Waals surface area (Å²) in [6.07, 6.45) is -2.44. The summed E-state index contributed by atoms with van der Waals surface area (Å²) in [5, 5.41) is 1.01. The molecule has 1 atom stereocenters. The topological polar surface area (TPSA) is 39.7 Å². The molecule has 1 aromatic heterocycles. The summed E-state index contributed by atoms with van der Waals surface area (Å²) in [5.74, 6) is 0.143. The lowest BCUT2D eigenvalue weighted by Crippen LogP contribution is -2.54. The van der Waals surface area contributed by atoms with Crippen molar-refractivity contribution in [3.05, 3.63) is 51.1 Å². The fourth-order valence-electron chi connectivity index (χ4n) is 4.19. The van der Waals surface area contributed by atoms with E-state index in [4.69, 9.17) is 34.8 Å². The summed E-state index contributed by atoms with van der Waals surface area (Å²) < 4.78 is 38.8. The van der Waals surface area contributed by atoms with E-state index >= 15 is 0 Å². The molecule has 4 rings (SSSR count). The summed E-state index contributed by atoms with van der Waals surface area (Å²) in [6.45, 7) is 2.75. The highest BCUT2D eigenvalue weighted by Gasteiger charge is 2.38. The minimum absolute atomic E-state index is 0.0675. The zero-order chi connectivity index (χ0) is 23.0. The molecule has 2 aliphatic rings. The number of carbonyl (C=O) groups is 1. The predicted octanol–water partition coefficient (Wildman–Crippen LogP) is 5.38. The van der Waals surface area contributed by atoms with E-state index in [0.717, 1.165) is 24.4 Å². The first-order chi connectivity index (χ1) is 15.1. The van der Waals surface area contributed by atoms with E-state index in [1.165, 1.54) is 0 Å². The number of hydrogen-bond acceptors (Lipinski definition) is 4. The summed E-state index contributed by atoms with van der Waals surface area (Å²) >= 11 is 18.4. The van der Waals surface area contributed by atoms with Gasteiger partial charge in [-0.1, -0.05) is 34.8 Å². The highest BCUT2D eigenvalue weighted by atomic mass is 35.5. The molecule has 3 heterocycles. The average molecular weight is 508 g/mol. The van der Waals surface area contributed by atoms with Gasteiger partial charge in [0.2, 0.25) is 5.91 Å². The number of rotatable bonds is 3. The first-order valence-electron chi connectivity index (χ1n) is 10.1. The quantitative estimate of drug-likeness (QED) is 0.559. The molecule has 1 amide bonds. The van der Waals surface area contributed by atoms with Gasteiger partial charge < -0.3 is 14.7 Å². The molecule has 1 aromatic carbocycles. The Balaban J connectivity index is 1.44. The van der Waals surface area contributed by atoms with Gasteiger partial charge in [-0.15, -0.1) is 0 Å². The van der Waals surface area contributed by atoms with Crippen molar-refractivity contribution in [1.29, 1.82) is 0 Å². The van der Waals surface area contributed by atoms with Crippen molar-refractivity contribution in [2.24, 2.45) is 0 Å². The summed E-state index contributed by atoms with van der Waals surface area (Å²) in [6, 6.07) is 5.68. The number of alkyl halides is 3. The SMILES string of the molecule is O=C([C@@H]1CCCN1c1ncc(C(F)(F)F)cc1Cl)N1CCN(c2ccc(Cl)cc2Cl)CC1. The fraction of sp³-hybridized carbons (Fsp3) is 0.429. The molecule has 0 bridgehead atoms. The Labute approximate surface area is 198 Å². The summed E-state index contributed by atoms with van der Waals surface area (Å²) in [4.78, 5) is 22.8. The minimum atomic E-state index is -4.53. The number of aromatic nitrogens is 1. The third kappa shape index (κ3) is 4.72. The monoisotopic (exact) mass is 506 g/mol. The smallest absolute Gasteiger partial charge is 0.367 e. The van der Waals surface area contributed by atoms with Crippen LogP contribution in [0.5, 0.6) is 0 Å². The lowest BCUT2D eigenvalue weighted by molar-refractivity contribution is -0.138. The number of halogens is 6. The number of carbonyl (C=O) groups excluding carboxylic acids is 1. The first kappa shape index (κ1) is 23.3. The van der Waals surface area contributed by atoms with Gasteiger partial charge in [0.1, 0.15) is 11.9 Å². The Bertz CT molecular complexity index is 1010. The van der Waals surface area contributed by atoms with Gasteiger partial charge in [-0.05, 0) is 37.1 Å². The molecular weight excluding hydrogens is 488 g/mol. The largest absolute Gasteiger partial charge is 0.417 e. The van der Waals surface area contributed by atoms with Crippen LogP contribution in [0.25, 0.3) is 0 Å². The lowest BCUT2D eigenvalue weighted by Gasteiger charge is -2.38. The van der Waals surface area contributed by atoms with Crippen molar-refractivity contribution >= 4 is 52.2 Å². The molecule has 0 N–H and O–H groups in total. The molecule has 0 aliphatic carbocycles. The van der Waals surface area contributed by atoms with E-state index in [1.54, 1.807) is 21.9 Å². The number of nitrogens with zero attached hydrogens (tertiary/aromatic N) is 4. The second-order valence-electron chi connectivity index (χ2n) is 7.79. The van der Waals surface area contributed by atoms with Crippen LogP contribution in [0.15, 0.2) is 30.5 Å². The zero-order valence-corrected chi connectivity index (χ0v) is 19.1. The molecule has 2 fully saturated rings. The van der Waals surface area contributed by atoms with Crippen LogP contribution >= 0.6 is 34.8 Å². The Morgan fingerprint density at radius 1 is 1.00 bits per heavy atom. The molecule has 0 saturated carbocycles. The molecule has 0 spiro atoms. The highest BCUT2D eigenvalue weighted by molar-refractivity contribution is 6.36. The molecule has 0 radical (unpaired) electrons. The zero-order valence-electron chi connectivity index (χ0n) is 16.9. The van der Waals surface area contributed by atoms with Gasteiger partial charge in [-0.2, -0.15) is 13.2 Å². The Kier molecular flexibility index (Phi) is 6.66. The number of hydrogen-bond donors (Lipinski definition) is 0. The Morgan fingerprint density at radius 2 is 1.72 bits per heavy atom. The molecular formula is C21H20Cl3F3N4O. The molecule has 0 unspecified atom stereocenters. The van der Waals surface area contributed by atoms with E-state index in [2.05, 4.69) is 9.88 Å². The third-order valence-corrected chi connectivity index (χ3v) is 6.62. The van der Waals surface area contributed by atoms with Gasteiger partial charge in [0.05, 0.1) is 21.3 Å². The number of benzene rings is 1. The average Bonchev–Trinajstić information content (AvgIpc) is 3.22. The van der Waals surface area contributed by atoms with Crippen molar-refractivity contribution in [1.82, 2.24) is 9.88 Å². The normalized spacial score (nSPS) is 19.6. The number of piperazine rings is 1. The van der Waals surface area contributed by atoms with E-state index in [-0.39, 0.29) is 16.7 Å². The summed E-state index contributed by atoms with van der Waals surface area (Å²) in [7, 11) is 0. The number of pyridine rings is 1. The Hall–Kier alpha value is -1.90. The van der Waals surface area contributed by atoms with Crippen molar-refractivity contribution in [2.75, 3.05) is 42.5 Å². The van der Waals surface area contributed by atoms with Crippen LogP contribution in [0.4, 0.5) is 24.7 Å². The lowest BCUT2D eigenvalue weighted by atomic mass is 10.1. The number of amides is 1. The van der Waals surface area contributed by atoms with E-state index in [9.17, 15) is 18.0 Å².